The number of benzene rings is 1. The van der Waals surface area contributed by atoms with E-state index in [1.807, 2.05) is 0 Å². The maximum absolute atomic E-state index is 13.4. The molecular weight excluding hydrogens is 228 g/mol. The van der Waals surface area contributed by atoms with E-state index in [1.54, 1.807) is 6.07 Å². The number of aldehydes is 1. The molecule has 0 fully saturated rings. The highest BCUT2D eigenvalue weighted by Gasteiger charge is 2.13. The molecule has 5 heteroatoms. The van der Waals surface area contributed by atoms with Crippen LogP contribution in [0.3, 0.4) is 0 Å². The fraction of sp³-hybridized carbons (Fsp3) is 0. The Kier molecular flexibility index (Phi) is 3.09. The van der Waals surface area contributed by atoms with E-state index < -0.39 is 17.4 Å². The van der Waals surface area contributed by atoms with Gasteiger partial charge in [-0.3, -0.25) is 9.78 Å². The lowest BCUT2D eigenvalue weighted by Crippen LogP contribution is -1.95. The summed E-state index contributed by atoms with van der Waals surface area (Å²) in [5, 5.41) is 0. The van der Waals surface area contributed by atoms with Gasteiger partial charge in [0.1, 0.15) is 12.0 Å². The summed E-state index contributed by atoms with van der Waals surface area (Å²) in [6, 6.07) is 4.90. The number of pyridine rings is 1. The van der Waals surface area contributed by atoms with Crippen LogP contribution in [0.25, 0.3) is 0 Å². The molecule has 1 aromatic carbocycles. The van der Waals surface area contributed by atoms with Gasteiger partial charge in [0.15, 0.2) is 17.4 Å². The van der Waals surface area contributed by atoms with Gasteiger partial charge in [-0.05, 0) is 24.3 Å². The first-order valence-corrected chi connectivity index (χ1v) is 4.73. The van der Waals surface area contributed by atoms with Crippen LogP contribution in [0.1, 0.15) is 10.4 Å². The Morgan fingerprint density at radius 1 is 1.24 bits per heavy atom. The number of hydrogen-bond donors (Lipinski definition) is 0. The third-order valence-electron chi connectivity index (χ3n) is 2.01. The minimum Gasteiger partial charge on any atom is -0.450 e. The second-order valence-corrected chi connectivity index (χ2v) is 3.22. The standard InChI is InChI=1S/C12H7F2NO2/c13-10-4-8(7-16)5-11(14)12(10)17-9-2-1-3-15-6-9/h1-7H. The van der Waals surface area contributed by atoms with Gasteiger partial charge < -0.3 is 4.74 Å². The molecule has 0 radical (unpaired) electrons. The average molecular weight is 235 g/mol. The van der Waals surface area contributed by atoms with Gasteiger partial charge in [0.25, 0.3) is 0 Å². The topological polar surface area (TPSA) is 39.2 Å². The summed E-state index contributed by atoms with van der Waals surface area (Å²) < 4.78 is 31.9. The summed E-state index contributed by atoms with van der Waals surface area (Å²) in [6.45, 7) is 0. The van der Waals surface area contributed by atoms with Gasteiger partial charge in [0, 0.05) is 11.8 Å². The average Bonchev–Trinajstić information content (AvgIpc) is 2.35. The van der Waals surface area contributed by atoms with Crippen LogP contribution in [0.5, 0.6) is 11.5 Å². The molecule has 0 bridgehead atoms. The van der Waals surface area contributed by atoms with E-state index in [4.69, 9.17) is 4.74 Å². The first-order valence-electron chi connectivity index (χ1n) is 4.73. The molecule has 0 aliphatic rings. The summed E-state index contributed by atoms with van der Waals surface area (Å²) in [7, 11) is 0. The van der Waals surface area contributed by atoms with Crippen LogP contribution < -0.4 is 4.74 Å². The van der Waals surface area contributed by atoms with Crippen LogP contribution in [0.4, 0.5) is 8.78 Å². The molecule has 0 saturated heterocycles. The molecule has 0 N–H and O–H groups in total. The SMILES string of the molecule is O=Cc1cc(F)c(Oc2cccnc2)c(F)c1. The van der Waals surface area contributed by atoms with E-state index in [-0.39, 0.29) is 11.3 Å². The van der Waals surface area contributed by atoms with E-state index in [0.717, 1.165) is 12.1 Å². The molecule has 0 atom stereocenters. The van der Waals surface area contributed by atoms with E-state index in [0.29, 0.717) is 6.29 Å². The van der Waals surface area contributed by atoms with Crippen molar-refractivity contribution in [2.75, 3.05) is 0 Å². The molecule has 0 amide bonds. The van der Waals surface area contributed by atoms with Crippen LogP contribution >= 0.6 is 0 Å². The molecule has 0 saturated carbocycles. The van der Waals surface area contributed by atoms with Crippen LogP contribution in [0.2, 0.25) is 0 Å². The summed E-state index contributed by atoms with van der Waals surface area (Å²) in [4.78, 5) is 14.1. The van der Waals surface area contributed by atoms with Crippen LogP contribution in [-0.2, 0) is 0 Å². The van der Waals surface area contributed by atoms with Gasteiger partial charge in [-0.2, -0.15) is 0 Å². The Balaban J connectivity index is 2.37. The number of ether oxygens (including phenoxy) is 1. The molecular formula is C12H7F2NO2. The van der Waals surface area contributed by atoms with Crippen molar-refractivity contribution in [3.63, 3.8) is 0 Å². The molecule has 86 valence electrons. The van der Waals surface area contributed by atoms with Gasteiger partial charge in [-0.25, -0.2) is 8.78 Å². The monoisotopic (exact) mass is 235 g/mol. The lowest BCUT2D eigenvalue weighted by Gasteiger charge is -2.07. The second kappa shape index (κ2) is 4.69. The normalized spacial score (nSPS) is 10.0. The lowest BCUT2D eigenvalue weighted by atomic mass is 10.2. The van der Waals surface area contributed by atoms with Crippen molar-refractivity contribution in [1.29, 1.82) is 0 Å². The first-order chi connectivity index (χ1) is 8.20. The summed E-state index contributed by atoms with van der Waals surface area (Å²) in [5.41, 5.74) is -0.0847. The Labute approximate surface area is 95.7 Å². The van der Waals surface area contributed by atoms with Gasteiger partial charge in [-0.1, -0.05) is 0 Å². The predicted molar refractivity (Wildman–Crippen MR) is 56.1 cm³/mol. The zero-order chi connectivity index (χ0) is 12.3. The Morgan fingerprint density at radius 3 is 2.47 bits per heavy atom. The molecule has 0 aliphatic carbocycles. The smallest absolute Gasteiger partial charge is 0.198 e. The van der Waals surface area contributed by atoms with Gasteiger partial charge >= 0.3 is 0 Å². The highest BCUT2D eigenvalue weighted by atomic mass is 19.1. The highest BCUT2D eigenvalue weighted by Crippen LogP contribution is 2.27. The number of carbonyl (C=O) groups excluding carboxylic acids is 1. The van der Waals surface area contributed by atoms with Crippen molar-refractivity contribution in [3.8, 4) is 11.5 Å². The molecule has 1 aromatic heterocycles. The number of nitrogens with zero attached hydrogens (tertiary/aromatic N) is 1. The highest BCUT2D eigenvalue weighted by molar-refractivity contribution is 5.75. The van der Waals surface area contributed by atoms with Crippen molar-refractivity contribution in [2.45, 2.75) is 0 Å². The molecule has 0 aliphatic heterocycles. The summed E-state index contributed by atoms with van der Waals surface area (Å²) in [5.74, 6) is -2.21. The van der Waals surface area contributed by atoms with Gasteiger partial charge in [0.2, 0.25) is 0 Å². The van der Waals surface area contributed by atoms with Crippen molar-refractivity contribution in [2.24, 2.45) is 0 Å². The fourth-order valence-corrected chi connectivity index (χ4v) is 1.27. The van der Waals surface area contributed by atoms with E-state index in [2.05, 4.69) is 4.98 Å². The Hall–Kier alpha value is -2.30. The zero-order valence-corrected chi connectivity index (χ0v) is 8.56. The lowest BCUT2D eigenvalue weighted by molar-refractivity contribution is 0.112. The van der Waals surface area contributed by atoms with E-state index in [9.17, 15) is 13.6 Å². The van der Waals surface area contributed by atoms with Crippen LogP contribution in [0, 0.1) is 11.6 Å². The summed E-state index contributed by atoms with van der Waals surface area (Å²) >= 11 is 0. The largest absolute Gasteiger partial charge is 0.450 e. The Bertz CT molecular complexity index is 520. The van der Waals surface area contributed by atoms with Gasteiger partial charge in [0.05, 0.1) is 6.20 Å². The van der Waals surface area contributed by atoms with Crippen LogP contribution in [0.15, 0.2) is 36.7 Å². The number of halogens is 2. The maximum atomic E-state index is 13.4. The van der Waals surface area contributed by atoms with Crippen molar-refractivity contribution >= 4 is 6.29 Å². The molecule has 2 aromatic rings. The Morgan fingerprint density at radius 2 is 1.94 bits per heavy atom. The number of hydrogen-bond acceptors (Lipinski definition) is 3. The number of aromatic nitrogens is 1. The maximum Gasteiger partial charge on any atom is 0.198 e. The minimum absolute atomic E-state index is 0.0847. The third-order valence-corrected chi connectivity index (χ3v) is 2.01. The molecule has 2 rings (SSSR count). The van der Waals surface area contributed by atoms with Crippen LogP contribution in [-0.4, -0.2) is 11.3 Å². The molecule has 17 heavy (non-hydrogen) atoms. The van der Waals surface area contributed by atoms with Crippen molar-refractivity contribution in [1.82, 2.24) is 4.98 Å². The molecule has 0 spiro atoms. The van der Waals surface area contributed by atoms with Crippen molar-refractivity contribution < 1.29 is 18.3 Å². The molecule has 1 heterocycles. The minimum atomic E-state index is -0.934. The first kappa shape index (κ1) is 11.2. The van der Waals surface area contributed by atoms with Crippen molar-refractivity contribution in [3.05, 3.63) is 53.9 Å². The predicted octanol–water partition coefficient (Wildman–Crippen LogP) is 2.96. The third kappa shape index (κ3) is 2.44. The van der Waals surface area contributed by atoms with Gasteiger partial charge in [-0.15, -0.1) is 0 Å². The number of carbonyl (C=O) groups is 1. The van der Waals surface area contributed by atoms with E-state index in [1.165, 1.54) is 18.5 Å². The fourth-order valence-electron chi connectivity index (χ4n) is 1.27. The van der Waals surface area contributed by atoms with E-state index >= 15 is 0 Å². The molecule has 0 unspecified atom stereocenters. The second-order valence-electron chi connectivity index (χ2n) is 3.22. The summed E-state index contributed by atoms with van der Waals surface area (Å²) in [6.07, 6.45) is 3.20. The molecule has 3 nitrogen and oxygen atoms in total. The number of rotatable bonds is 3. The zero-order valence-electron chi connectivity index (χ0n) is 8.56. The quantitative estimate of drug-likeness (QED) is 0.768.